The molecule has 4 nitrogen and oxygen atoms in total. The number of aliphatic hydroxyl groups excluding tert-OH is 1. The highest BCUT2D eigenvalue weighted by Crippen LogP contribution is 2.20. The third-order valence-corrected chi connectivity index (χ3v) is 2.85. The van der Waals surface area contributed by atoms with Crippen LogP contribution in [0.5, 0.6) is 5.75 Å². The Hall–Kier alpha value is -2.17. The van der Waals surface area contributed by atoms with Crippen molar-refractivity contribution in [3.8, 4) is 5.75 Å². The monoisotopic (exact) mass is 272 g/mol. The van der Waals surface area contributed by atoms with Gasteiger partial charge in [-0.1, -0.05) is 30.3 Å². The van der Waals surface area contributed by atoms with Crippen LogP contribution in [-0.4, -0.2) is 24.8 Å². The van der Waals surface area contributed by atoms with Crippen LogP contribution in [-0.2, 0) is 4.74 Å². The number of methoxy groups -OCH3 is 1. The minimum absolute atomic E-state index is 0.153. The Morgan fingerprint density at radius 1 is 1.10 bits per heavy atom. The lowest BCUT2D eigenvalue weighted by molar-refractivity contribution is 0.0511. The molecule has 0 spiro atoms. The largest absolute Gasteiger partial charge is 0.468 e. The highest BCUT2D eigenvalue weighted by Gasteiger charge is 2.18. The zero-order valence-electron chi connectivity index (χ0n) is 11.2. The van der Waals surface area contributed by atoms with E-state index in [-0.39, 0.29) is 12.6 Å². The normalized spacial score (nSPS) is 11.9. The average molecular weight is 272 g/mol. The molecule has 0 bridgehead atoms. The van der Waals surface area contributed by atoms with E-state index >= 15 is 0 Å². The van der Waals surface area contributed by atoms with Crippen LogP contribution in [0, 0.1) is 0 Å². The van der Waals surface area contributed by atoms with Crippen molar-refractivity contribution in [1.29, 1.82) is 0 Å². The maximum Gasteiger partial charge on any atom is 0.195 e. The number of hydrogen-bond donors (Lipinski definition) is 1. The first kappa shape index (κ1) is 14.2. The highest BCUT2D eigenvalue weighted by molar-refractivity contribution is 5.99. The van der Waals surface area contributed by atoms with E-state index in [0.29, 0.717) is 16.9 Å². The summed E-state index contributed by atoms with van der Waals surface area (Å²) >= 11 is 0. The number of benzene rings is 2. The van der Waals surface area contributed by atoms with Crippen LogP contribution in [0.4, 0.5) is 0 Å². The maximum atomic E-state index is 12.2. The van der Waals surface area contributed by atoms with Gasteiger partial charge >= 0.3 is 0 Å². The van der Waals surface area contributed by atoms with Gasteiger partial charge in [-0.25, -0.2) is 0 Å². The number of carbonyl (C=O) groups is 1. The summed E-state index contributed by atoms with van der Waals surface area (Å²) in [6.07, 6.45) is -1.15. The topological polar surface area (TPSA) is 55.8 Å². The molecule has 20 heavy (non-hydrogen) atoms. The SMILES string of the molecule is COCOc1ccc(C(=O)C(O)c2ccccc2)cc1. The summed E-state index contributed by atoms with van der Waals surface area (Å²) in [6.45, 7) is 0.153. The fourth-order valence-electron chi connectivity index (χ4n) is 1.79. The molecule has 0 saturated carbocycles. The van der Waals surface area contributed by atoms with Crippen molar-refractivity contribution in [3.05, 3.63) is 65.7 Å². The van der Waals surface area contributed by atoms with Crippen LogP contribution in [0.3, 0.4) is 0 Å². The summed E-state index contributed by atoms with van der Waals surface area (Å²) in [5.74, 6) is 0.270. The van der Waals surface area contributed by atoms with Crippen molar-refractivity contribution in [2.45, 2.75) is 6.10 Å². The highest BCUT2D eigenvalue weighted by atomic mass is 16.7. The van der Waals surface area contributed by atoms with Gasteiger partial charge in [0, 0.05) is 12.7 Å². The minimum atomic E-state index is -1.15. The molecule has 0 amide bonds. The van der Waals surface area contributed by atoms with Crippen LogP contribution >= 0.6 is 0 Å². The van der Waals surface area contributed by atoms with Gasteiger partial charge in [0.2, 0.25) is 0 Å². The first-order chi connectivity index (χ1) is 9.72. The van der Waals surface area contributed by atoms with Gasteiger partial charge in [-0.2, -0.15) is 0 Å². The molecule has 0 aliphatic carbocycles. The molecule has 2 aromatic rings. The van der Waals surface area contributed by atoms with E-state index in [1.807, 2.05) is 6.07 Å². The van der Waals surface area contributed by atoms with E-state index in [9.17, 15) is 9.90 Å². The third-order valence-electron chi connectivity index (χ3n) is 2.85. The van der Waals surface area contributed by atoms with E-state index in [4.69, 9.17) is 9.47 Å². The van der Waals surface area contributed by atoms with Crippen LogP contribution in [0.2, 0.25) is 0 Å². The molecule has 0 radical (unpaired) electrons. The van der Waals surface area contributed by atoms with Crippen molar-refractivity contribution in [2.24, 2.45) is 0 Å². The Balaban J connectivity index is 2.09. The van der Waals surface area contributed by atoms with Gasteiger partial charge < -0.3 is 14.6 Å². The molecular formula is C16H16O4. The number of aliphatic hydroxyl groups is 1. The number of carbonyl (C=O) groups excluding carboxylic acids is 1. The molecule has 2 aromatic carbocycles. The first-order valence-corrected chi connectivity index (χ1v) is 6.21. The van der Waals surface area contributed by atoms with Gasteiger partial charge in [-0.15, -0.1) is 0 Å². The summed E-state index contributed by atoms with van der Waals surface area (Å²) in [7, 11) is 1.54. The molecule has 2 rings (SSSR count). The molecular weight excluding hydrogens is 256 g/mol. The van der Waals surface area contributed by atoms with Crippen LogP contribution in [0.15, 0.2) is 54.6 Å². The zero-order chi connectivity index (χ0) is 14.4. The number of ketones is 1. The Labute approximate surface area is 117 Å². The van der Waals surface area contributed by atoms with E-state index in [0.717, 1.165) is 0 Å². The number of Topliss-reactive ketones (excluding diaryl/α,β-unsaturated/α-hetero) is 1. The van der Waals surface area contributed by atoms with Gasteiger partial charge in [0.25, 0.3) is 0 Å². The summed E-state index contributed by atoms with van der Waals surface area (Å²) < 4.78 is 10.0. The van der Waals surface area contributed by atoms with Crippen molar-refractivity contribution in [3.63, 3.8) is 0 Å². The second-order valence-electron chi connectivity index (χ2n) is 4.25. The van der Waals surface area contributed by atoms with Gasteiger partial charge in [-0.05, 0) is 29.8 Å². The Bertz CT molecular complexity index is 548. The van der Waals surface area contributed by atoms with Crippen molar-refractivity contribution in [1.82, 2.24) is 0 Å². The second-order valence-corrected chi connectivity index (χ2v) is 4.25. The van der Waals surface area contributed by atoms with Gasteiger partial charge in [0.15, 0.2) is 12.6 Å². The zero-order valence-corrected chi connectivity index (χ0v) is 11.2. The van der Waals surface area contributed by atoms with Crippen molar-refractivity contribution >= 4 is 5.78 Å². The molecule has 104 valence electrons. The molecule has 0 aromatic heterocycles. The number of hydrogen-bond acceptors (Lipinski definition) is 4. The smallest absolute Gasteiger partial charge is 0.195 e. The quantitative estimate of drug-likeness (QED) is 0.648. The number of rotatable bonds is 6. The molecule has 0 aliphatic heterocycles. The Morgan fingerprint density at radius 2 is 1.75 bits per heavy atom. The van der Waals surface area contributed by atoms with Crippen molar-refractivity contribution in [2.75, 3.05) is 13.9 Å². The summed E-state index contributed by atoms with van der Waals surface area (Å²) in [6, 6.07) is 15.4. The van der Waals surface area contributed by atoms with E-state index in [2.05, 4.69) is 0 Å². The minimum Gasteiger partial charge on any atom is -0.468 e. The molecule has 1 unspecified atom stereocenters. The molecule has 0 fully saturated rings. The predicted octanol–water partition coefficient (Wildman–Crippen LogP) is 2.59. The third kappa shape index (κ3) is 3.44. The molecule has 1 N–H and O–H groups in total. The molecule has 4 heteroatoms. The lowest BCUT2D eigenvalue weighted by Crippen LogP contribution is -2.12. The molecule has 0 heterocycles. The molecule has 0 saturated heterocycles. The van der Waals surface area contributed by atoms with Gasteiger partial charge in [0.1, 0.15) is 11.9 Å². The average Bonchev–Trinajstić information content (AvgIpc) is 2.53. The molecule has 1 atom stereocenters. The first-order valence-electron chi connectivity index (χ1n) is 6.21. The van der Waals surface area contributed by atoms with Gasteiger partial charge in [0.05, 0.1) is 0 Å². The van der Waals surface area contributed by atoms with Crippen LogP contribution < -0.4 is 4.74 Å². The Kier molecular flexibility index (Phi) is 4.87. The molecule has 0 aliphatic rings. The fourth-order valence-corrected chi connectivity index (χ4v) is 1.79. The summed E-state index contributed by atoms with van der Waals surface area (Å²) in [4.78, 5) is 12.2. The summed E-state index contributed by atoms with van der Waals surface area (Å²) in [5, 5.41) is 10.1. The van der Waals surface area contributed by atoms with Gasteiger partial charge in [-0.3, -0.25) is 4.79 Å². The van der Waals surface area contributed by atoms with Crippen LogP contribution in [0.25, 0.3) is 0 Å². The lowest BCUT2D eigenvalue weighted by atomic mass is 10.00. The van der Waals surface area contributed by atoms with Crippen molar-refractivity contribution < 1.29 is 19.4 Å². The van der Waals surface area contributed by atoms with E-state index < -0.39 is 6.10 Å². The van der Waals surface area contributed by atoms with Crippen LogP contribution in [0.1, 0.15) is 22.0 Å². The Morgan fingerprint density at radius 3 is 2.35 bits per heavy atom. The predicted molar refractivity (Wildman–Crippen MR) is 74.7 cm³/mol. The van der Waals surface area contributed by atoms with E-state index in [1.165, 1.54) is 7.11 Å². The van der Waals surface area contributed by atoms with E-state index in [1.54, 1.807) is 48.5 Å². The summed E-state index contributed by atoms with van der Waals surface area (Å²) in [5.41, 5.74) is 1.02. The number of ether oxygens (including phenoxy) is 2. The lowest BCUT2D eigenvalue weighted by Gasteiger charge is -2.10. The maximum absolute atomic E-state index is 12.2. The fraction of sp³-hybridized carbons (Fsp3) is 0.188. The second kappa shape index (κ2) is 6.84. The standard InChI is InChI=1S/C16H16O4/c1-19-11-20-14-9-7-13(8-10-14)16(18)15(17)12-5-3-2-4-6-12/h2-10,15,17H,11H2,1H3.